The molecule has 0 aliphatic heterocycles. The summed E-state index contributed by atoms with van der Waals surface area (Å²) < 4.78 is 3.18. The Bertz CT molecular complexity index is 1690. The highest BCUT2D eigenvalue weighted by atomic mass is 16.4. The van der Waals surface area contributed by atoms with E-state index in [-0.39, 0.29) is 23.4 Å². The third-order valence-electron chi connectivity index (χ3n) is 5.34. The van der Waals surface area contributed by atoms with Crippen LogP contribution < -0.4 is 10.8 Å². The van der Waals surface area contributed by atoms with Crippen LogP contribution in [0.5, 0.6) is 11.8 Å². The van der Waals surface area contributed by atoms with Crippen molar-refractivity contribution in [2.45, 2.75) is 18.9 Å². The van der Waals surface area contributed by atoms with E-state index >= 15 is 0 Å². The van der Waals surface area contributed by atoms with Crippen molar-refractivity contribution in [3.63, 3.8) is 0 Å². The standard InChI is InChI=1S/C21H16N8O4/c30-16-7-11(18(31)25-16)5-12-8-23-29-17(12)26-20(27-21(29)24-13-2-3-13)28-9-22-14-6-10(19(32)33)1-4-15(14)28/h1,4-9,13,25,30-31H,2-3H2,(H,32,33). The van der Waals surface area contributed by atoms with Gasteiger partial charge in [0.05, 0.1) is 28.8 Å². The number of imidazole rings is 1. The van der Waals surface area contributed by atoms with Gasteiger partial charge in [-0.25, -0.2) is 14.8 Å². The molecule has 0 spiro atoms. The molecule has 1 aromatic carbocycles. The minimum atomic E-state index is -1.03. The molecule has 1 aliphatic carbocycles. The van der Waals surface area contributed by atoms with E-state index in [1.54, 1.807) is 22.9 Å². The van der Waals surface area contributed by atoms with Crippen LogP contribution in [0.25, 0.3) is 28.7 Å². The smallest absolute Gasteiger partial charge is 0.335 e. The van der Waals surface area contributed by atoms with Crippen LogP contribution in [0.3, 0.4) is 0 Å². The largest absolute Gasteiger partial charge is 0.494 e. The van der Waals surface area contributed by atoms with Crippen LogP contribution in [-0.2, 0) is 0 Å². The number of aromatic hydroxyl groups is 2. The number of aromatic amines is 1. The predicted octanol–water partition coefficient (Wildman–Crippen LogP) is 0.511. The van der Waals surface area contributed by atoms with Crippen molar-refractivity contribution in [1.29, 1.82) is 0 Å². The zero-order valence-electron chi connectivity index (χ0n) is 16.9. The Morgan fingerprint density at radius 1 is 1.21 bits per heavy atom. The lowest BCUT2D eigenvalue weighted by molar-refractivity contribution is 0.0697. The van der Waals surface area contributed by atoms with E-state index < -0.39 is 5.97 Å². The second-order valence-corrected chi connectivity index (χ2v) is 7.75. The van der Waals surface area contributed by atoms with Gasteiger partial charge in [-0.15, -0.1) is 0 Å². The van der Waals surface area contributed by atoms with Gasteiger partial charge in [-0.3, -0.25) is 9.55 Å². The van der Waals surface area contributed by atoms with Crippen molar-refractivity contribution in [2.75, 3.05) is 0 Å². The third kappa shape index (κ3) is 3.24. The summed E-state index contributed by atoms with van der Waals surface area (Å²) in [5, 5.41) is 33.8. The molecule has 164 valence electrons. The number of fused-ring (bicyclic) bond motifs is 2. The highest BCUT2D eigenvalue weighted by Crippen LogP contribution is 2.23. The van der Waals surface area contributed by atoms with Gasteiger partial charge in [-0.1, -0.05) is 0 Å². The number of carbonyl (C=O) groups is 1. The summed E-state index contributed by atoms with van der Waals surface area (Å²) in [6.07, 6.45) is 6.69. The average molecular weight is 444 g/mol. The maximum Gasteiger partial charge on any atom is 0.335 e. The zero-order chi connectivity index (χ0) is 22.7. The fraction of sp³-hybridized carbons (Fsp3) is 0.143. The van der Waals surface area contributed by atoms with Crippen LogP contribution in [-0.4, -0.2) is 61.4 Å². The van der Waals surface area contributed by atoms with E-state index in [9.17, 15) is 20.1 Å². The Kier molecular flexibility index (Phi) is 3.96. The van der Waals surface area contributed by atoms with Gasteiger partial charge >= 0.3 is 5.97 Å². The molecular formula is C21H16N8O4. The zero-order valence-corrected chi connectivity index (χ0v) is 16.9. The number of carboxylic acid groups (broad SMARTS) is 1. The number of rotatable bonds is 4. The first kappa shape index (κ1) is 19.0. The van der Waals surface area contributed by atoms with Crippen molar-refractivity contribution < 1.29 is 20.1 Å². The van der Waals surface area contributed by atoms with E-state index in [1.165, 1.54) is 29.0 Å². The molecule has 12 heteroatoms. The third-order valence-corrected chi connectivity index (χ3v) is 5.34. The second-order valence-electron chi connectivity index (χ2n) is 7.75. The molecule has 1 fully saturated rings. The number of aromatic nitrogens is 7. The van der Waals surface area contributed by atoms with Gasteiger partial charge in [0, 0.05) is 16.8 Å². The van der Waals surface area contributed by atoms with Gasteiger partial charge in [0.25, 0.3) is 5.62 Å². The van der Waals surface area contributed by atoms with E-state index in [0.29, 0.717) is 39.0 Å². The lowest BCUT2D eigenvalue weighted by atomic mass is 10.2. The van der Waals surface area contributed by atoms with Crippen LogP contribution in [0.2, 0.25) is 0 Å². The molecule has 5 aromatic rings. The van der Waals surface area contributed by atoms with E-state index in [4.69, 9.17) is 0 Å². The van der Waals surface area contributed by atoms with Crippen molar-refractivity contribution >= 4 is 28.7 Å². The Labute approximate surface area is 183 Å². The van der Waals surface area contributed by atoms with Crippen molar-refractivity contribution in [3.8, 4) is 17.7 Å². The molecule has 0 unspecified atom stereocenters. The first-order valence-electron chi connectivity index (χ1n) is 10.1. The Morgan fingerprint density at radius 2 is 2.06 bits per heavy atom. The maximum absolute atomic E-state index is 11.3. The number of benzene rings is 1. The highest BCUT2D eigenvalue weighted by molar-refractivity contribution is 5.92. The summed E-state index contributed by atoms with van der Waals surface area (Å²) >= 11 is 0. The van der Waals surface area contributed by atoms with Gasteiger partial charge in [0.2, 0.25) is 5.95 Å². The van der Waals surface area contributed by atoms with Crippen LogP contribution in [0.15, 0.2) is 41.8 Å². The second kappa shape index (κ2) is 6.88. The Hall–Kier alpha value is -4.74. The maximum atomic E-state index is 11.3. The lowest BCUT2D eigenvalue weighted by Gasteiger charge is -2.04. The van der Waals surface area contributed by atoms with Gasteiger partial charge < -0.3 is 15.3 Å². The molecule has 0 amide bonds. The topological polar surface area (TPSA) is 167 Å². The molecule has 33 heavy (non-hydrogen) atoms. The summed E-state index contributed by atoms with van der Waals surface area (Å²) in [4.78, 5) is 31.9. The van der Waals surface area contributed by atoms with Crippen LogP contribution in [0.4, 0.5) is 0 Å². The highest BCUT2D eigenvalue weighted by Gasteiger charge is 2.21. The number of carboxylic acids is 1. The molecular weight excluding hydrogens is 428 g/mol. The van der Waals surface area contributed by atoms with Crippen LogP contribution in [0, 0.1) is 0 Å². The quantitative estimate of drug-likeness (QED) is 0.311. The van der Waals surface area contributed by atoms with E-state index in [2.05, 4.69) is 30.0 Å². The average Bonchev–Trinajstić information content (AvgIpc) is 3.21. The number of hydrogen-bond acceptors (Lipinski definition) is 8. The van der Waals surface area contributed by atoms with Crippen LogP contribution >= 0.6 is 0 Å². The molecule has 0 atom stereocenters. The van der Waals surface area contributed by atoms with E-state index in [1.807, 2.05) is 0 Å². The summed E-state index contributed by atoms with van der Waals surface area (Å²) in [5.74, 6) is -1.09. The van der Waals surface area contributed by atoms with Crippen molar-refractivity contribution in [2.24, 2.45) is 4.99 Å². The molecule has 4 aromatic heterocycles. The summed E-state index contributed by atoms with van der Waals surface area (Å²) in [7, 11) is 0. The van der Waals surface area contributed by atoms with Crippen molar-refractivity contribution in [3.05, 3.63) is 58.8 Å². The van der Waals surface area contributed by atoms with Gasteiger partial charge in [0.1, 0.15) is 6.33 Å². The molecule has 6 rings (SSSR count). The molecule has 1 aliphatic rings. The fourth-order valence-electron chi connectivity index (χ4n) is 3.56. The number of hydrogen-bond donors (Lipinski definition) is 4. The number of aromatic carboxylic acids is 1. The molecule has 0 bridgehead atoms. The molecule has 0 saturated heterocycles. The van der Waals surface area contributed by atoms with Crippen molar-refractivity contribution in [1.82, 2.24) is 34.1 Å². The Balaban J connectivity index is 1.59. The van der Waals surface area contributed by atoms with E-state index in [0.717, 1.165) is 12.8 Å². The van der Waals surface area contributed by atoms with Gasteiger partial charge in [-0.05, 0) is 37.1 Å². The SMILES string of the molecule is O=C(O)c1ccc2c(c1)ncn2-c1nc(=NC2CC2)n2ncc(=Cc3cc(O)[nH]c3O)c2n1. The normalized spacial score (nSPS) is 15.2. The summed E-state index contributed by atoms with van der Waals surface area (Å²) in [6, 6.07) is 6.20. The fourth-order valence-corrected chi connectivity index (χ4v) is 3.56. The monoisotopic (exact) mass is 444 g/mol. The summed E-state index contributed by atoms with van der Waals surface area (Å²) in [6.45, 7) is 0. The number of nitrogens with one attached hydrogen (secondary N) is 1. The van der Waals surface area contributed by atoms with Crippen LogP contribution in [0.1, 0.15) is 28.8 Å². The van der Waals surface area contributed by atoms with Gasteiger partial charge in [-0.2, -0.15) is 19.6 Å². The van der Waals surface area contributed by atoms with Gasteiger partial charge in [0.15, 0.2) is 17.4 Å². The molecule has 4 N–H and O–H groups in total. The number of H-pyrrole nitrogens is 1. The Morgan fingerprint density at radius 3 is 2.79 bits per heavy atom. The summed E-state index contributed by atoms with van der Waals surface area (Å²) in [5.41, 5.74) is 2.46. The minimum Gasteiger partial charge on any atom is -0.494 e. The molecule has 1 saturated carbocycles. The molecule has 0 radical (unpaired) electrons. The predicted molar refractivity (Wildman–Crippen MR) is 114 cm³/mol. The lowest BCUT2D eigenvalue weighted by Crippen LogP contribution is -2.25. The first-order valence-corrected chi connectivity index (χ1v) is 10.1. The minimum absolute atomic E-state index is 0.135. The first-order chi connectivity index (χ1) is 16.0. The number of nitrogens with zero attached hydrogens (tertiary/aromatic N) is 7. The molecule has 12 nitrogen and oxygen atoms in total. The molecule has 4 heterocycles.